The molecule has 0 saturated carbocycles. The zero-order valence-electron chi connectivity index (χ0n) is 18.7. The number of carbonyl (C=O) groups excluding carboxylic acids is 1. The van der Waals surface area contributed by atoms with Crippen LogP contribution in [0, 0.1) is 0 Å². The number of aromatic nitrogens is 1. The lowest BCUT2D eigenvalue weighted by molar-refractivity contribution is 0.0981. The Labute approximate surface area is 197 Å². The van der Waals surface area contributed by atoms with Gasteiger partial charge in [-0.1, -0.05) is 51.1 Å². The molecule has 0 fully saturated rings. The number of hydrogen-bond donors (Lipinski definition) is 1. The molecule has 0 aliphatic rings. The Balaban J connectivity index is 1.68. The van der Waals surface area contributed by atoms with Gasteiger partial charge in [0.05, 0.1) is 12.8 Å². The van der Waals surface area contributed by atoms with E-state index in [2.05, 4.69) is 9.10 Å². The third kappa shape index (κ3) is 4.62. The van der Waals surface area contributed by atoms with Crippen LogP contribution in [0.25, 0.3) is 22.0 Å². The zero-order valence-corrected chi connectivity index (χ0v) is 20.4. The number of hydrogen-bond acceptors (Lipinski definition) is 6. The first-order valence-corrected chi connectivity index (χ1v) is 12.6. The molecule has 0 saturated heterocycles. The molecular weight excluding hydrogens is 456 g/mol. The molecule has 4 rings (SSSR count). The molecule has 33 heavy (non-hydrogen) atoms. The van der Waals surface area contributed by atoms with E-state index in [9.17, 15) is 13.2 Å². The number of amides is 1. The van der Waals surface area contributed by atoms with Gasteiger partial charge in [0.2, 0.25) is 0 Å². The van der Waals surface area contributed by atoms with Gasteiger partial charge in [-0.25, -0.2) is 13.1 Å². The van der Waals surface area contributed by atoms with Crippen molar-refractivity contribution in [3.63, 3.8) is 0 Å². The lowest BCUT2D eigenvalue weighted by Gasteiger charge is -2.21. The molecule has 0 bridgehead atoms. The second kappa shape index (κ2) is 8.61. The molecule has 4 aromatic rings. The van der Waals surface area contributed by atoms with Gasteiger partial charge in [-0.2, -0.15) is 4.37 Å². The van der Waals surface area contributed by atoms with E-state index in [-0.39, 0.29) is 21.6 Å². The fraction of sp³-hybridized carbons (Fsp3) is 0.200. The molecule has 1 aromatic heterocycles. The molecule has 170 valence electrons. The highest BCUT2D eigenvalue weighted by molar-refractivity contribution is 7.90. The number of nitrogens with zero attached hydrogens (tertiary/aromatic N) is 1. The highest BCUT2D eigenvalue weighted by Crippen LogP contribution is 2.32. The van der Waals surface area contributed by atoms with E-state index in [1.165, 1.54) is 18.6 Å². The summed E-state index contributed by atoms with van der Waals surface area (Å²) in [5.41, 5.74) is 2.60. The fourth-order valence-electron chi connectivity index (χ4n) is 3.59. The molecule has 0 spiro atoms. The summed E-state index contributed by atoms with van der Waals surface area (Å²) < 4.78 is 38.1. The molecule has 3 aromatic carbocycles. The SMILES string of the molecule is COc1ccc(C(C)(C)C)cc1S(=O)(=O)NC(=O)c1ccc2c(-c3ccsn3)cccc2c1. The molecule has 0 aliphatic carbocycles. The summed E-state index contributed by atoms with van der Waals surface area (Å²) in [6, 6.07) is 17.8. The van der Waals surface area contributed by atoms with Crippen LogP contribution >= 0.6 is 11.5 Å². The average Bonchev–Trinajstić information content (AvgIpc) is 3.31. The number of sulfonamides is 1. The molecular formula is C25H24N2O4S2. The van der Waals surface area contributed by atoms with Crippen LogP contribution in [-0.2, 0) is 15.4 Å². The molecule has 1 N–H and O–H groups in total. The Kier molecular flexibility index (Phi) is 5.99. The van der Waals surface area contributed by atoms with E-state index in [1.807, 2.05) is 62.5 Å². The molecule has 8 heteroatoms. The largest absolute Gasteiger partial charge is 0.495 e. The monoisotopic (exact) mass is 480 g/mol. The van der Waals surface area contributed by atoms with Crippen LogP contribution in [0.1, 0.15) is 36.7 Å². The number of rotatable bonds is 5. The van der Waals surface area contributed by atoms with Crippen molar-refractivity contribution in [2.45, 2.75) is 31.1 Å². The summed E-state index contributed by atoms with van der Waals surface area (Å²) in [7, 11) is -2.76. The fourth-order valence-corrected chi connectivity index (χ4v) is 5.28. The van der Waals surface area contributed by atoms with Crippen molar-refractivity contribution in [2.24, 2.45) is 0 Å². The third-order valence-electron chi connectivity index (χ3n) is 5.40. The second-order valence-electron chi connectivity index (χ2n) is 8.68. The maximum absolute atomic E-state index is 13.1. The predicted molar refractivity (Wildman–Crippen MR) is 131 cm³/mol. The standard InChI is InChI=1S/C25H24N2O4S2/c1-25(2,3)18-9-11-22(31-4)23(15-18)33(29,30)27-24(28)17-8-10-19-16(14-17)6-5-7-20(19)21-12-13-32-26-21/h5-15H,1-4H3,(H,27,28). The normalized spacial score (nSPS) is 12.0. The zero-order chi connectivity index (χ0) is 23.8. The summed E-state index contributed by atoms with van der Waals surface area (Å²) in [5, 5.41) is 3.66. The minimum atomic E-state index is -4.16. The smallest absolute Gasteiger partial charge is 0.268 e. The van der Waals surface area contributed by atoms with Gasteiger partial charge in [-0.05, 0) is 63.6 Å². The topological polar surface area (TPSA) is 85.4 Å². The first-order chi connectivity index (χ1) is 15.6. The second-order valence-corrected chi connectivity index (χ2v) is 11.0. The van der Waals surface area contributed by atoms with Crippen molar-refractivity contribution in [1.29, 1.82) is 0 Å². The van der Waals surface area contributed by atoms with E-state index >= 15 is 0 Å². The third-order valence-corrected chi connectivity index (χ3v) is 7.31. The number of benzene rings is 3. The van der Waals surface area contributed by atoms with Gasteiger partial charge in [-0.15, -0.1) is 0 Å². The van der Waals surface area contributed by atoms with E-state index in [1.54, 1.807) is 24.3 Å². The molecule has 1 amide bonds. The Morgan fingerprint density at radius 3 is 2.48 bits per heavy atom. The average molecular weight is 481 g/mol. The van der Waals surface area contributed by atoms with Gasteiger partial charge < -0.3 is 4.74 Å². The molecule has 0 unspecified atom stereocenters. The van der Waals surface area contributed by atoms with Crippen molar-refractivity contribution in [1.82, 2.24) is 9.10 Å². The van der Waals surface area contributed by atoms with Crippen LogP contribution in [0.5, 0.6) is 5.75 Å². The van der Waals surface area contributed by atoms with Crippen LogP contribution in [0.4, 0.5) is 0 Å². The number of ether oxygens (including phenoxy) is 1. The van der Waals surface area contributed by atoms with Crippen molar-refractivity contribution < 1.29 is 17.9 Å². The van der Waals surface area contributed by atoms with Crippen molar-refractivity contribution in [2.75, 3.05) is 7.11 Å². The summed E-state index contributed by atoms with van der Waals surface area (Å²) >= 11 is 1.37. The van der Waals surface area contributed by atoms with Gasteiger partial charge in [0.1, 0.15) is 10.6 Å². The predicted octanol–water partition coefficient (Wildman–Crippen LogP) is 5.39. The summed E-state index contributed by atoms with van der Waals surface area (Å²) in [4.78, 5) is 12.9. The minimum absolute atomic E-state index is 0.0719. The number of carbonyl (C=O) groups is 1. The van der Waals surface area contributed by atoms with Crippen LogP contribution < -0.4 is 9.46 Å². The summed E-state index contributed by atoms with van der Waals surface area (Å²) in [6.45, 7) is 5.95. The molecule has 1 heterocycles. The van der Waals surface area contributed by atoms with Crippen LogP contribution in [0.2, 0.25) is 0 Å². The lowest BCUT2D eigenvalue weighted by atomic mass is 9.87. The Hall–Kier alpha value is -3.23. The minimum Gasteiger partial charge on any atom is -0.495 e. The van der Waals surface area contributed by atoms with E-state index in [4.69, 9.17) is 4.74 Å². The maximum Gasteiger partial charge on any atom is 0.268 e. The van der Waals surface area contributed by atoms with Gasteiger partial charge >= 0.3 is 0 Å². The van der Waals surface area contributed by atoms with Gasteiger partial charge in [0.15, 0.2) is 0 Å². The Morgan fingerprint density at radius 2 is 1.82 bits per heavy atom. The van der Waals surface area contributed by atoms with Gasteiger partial charge in [0.25, 0.3) is 15.9 Å². The highest BCUT2D eigenvalue weighted by Gasteiger charge is 2.26. The molecule has 6 nitrogen and oxygen atoms in total. The number of nitrogens with one attached hydrogen (secondary N) is 1. The lowest BCUT2D eigenvalue weighted by Crippen LogP contribution is -2.31. The molecule has 0 atom stereocenters. The van der Waals surface area contributed by atoms with Crippen molar-refractivity contribution in [3.05, 3.63) is 77.2 Å². The highest BCUT2D eigenvalue weighted by atomic mass is 32.2. The van der Waals surface area contributed by atoms with Crippen LogP contribution in [-0.4, -0.2) is 25.8 Å². The van der Waals surface area contributed by atoms with Gasteiger partial charge in [0, 0.05) is 16.5 Å². The number of fused-ring (bicyclic) bond motifs is 1. The van der Waals surface area contributed by atoms with Crippen molar-refractivity contribution >= 4 is 38.2 Å². The summed E-state index contributed by atoms with van der Waals surface area (Å²) in [6.07, 6.45) is 0. The Bertz CT molecular complexity index is 1440. The van der Waals surface area contributed by atoms with Crippen LogP contribution in [0.15, 0.2) is 70.9 Å². The first-order valence-electron chi connectivity index (χ1n) is 10.3. The Morgan fingerprint density at radius 1 is 1.03 bits per heavy atom. The molecule has 0 radical (unpaired) electrons. The van der Waals surface area contributed by atoms with E-state index in [0.717, 1.165) is 27.6 Å². The quantitative estimate of drug-likeness (QED) is 0.414. The van der Waals surface area contributed by atoms with E-state index < -0.39 is 15.9 Å². The van der Waals surface area contributed by atoms with Gasteiger partial charge in [-0.3, -0.25) is 4.79 Å². The maximum atomic E-state index is 13.1. The van der Waals surface area contributed by atoms with E-state index in [0.29, 0.717) is 0 Å². The first kappa shape index (κ1) is 22.9. The summed E-state index contributed by atoms with van der Waals surface area (Å²) in [5.74, 6) is -0.533. The molecule has 0 aliphatic heterocycles. The van der Waals surface area contributed by atoms with Crippen LogP contribution in [0.3, 0.4) is 0 Å². The van der Waals surface area contributed by atoms with Crippen molar-refractivity contribution in [3.8, 4) is 17.0 Å². The number of methoxy groups -OCH3 is 1.